The van der Waals surface area contributed by atoms with Gasteiger partial charge in [0, 0.05) is 12.2 Å². The summed E-state index contributed by atoms with van der Waals surface area (Å²) in [6.07, 6.45) is 4.42. The predicted molar refractivity (Wildman–Crippen MR) is 153 cm³/mol. The van der Waals surface area contributed by atoms with Crippen LogP contribution in [0.3, 0.4) is 0 Å². The molecule has 3 aromatic rings. The van der Waals surface area contributed by atoms with Gasteiger partial charge in [0.2, 0.25) is 5.89 Å². The van der Waals surface area contributed by atoms with Gasteiger partial charge in [-0.1, -0.05) is 48.9 Å². The Morgan fingerprint density at radius 3 is 2.18 bits per heavy atom. The monoisotopic (exact) mass is 533 g/mol. The Hall–Kier alpha value is -2.96. The number of carbonyl (C=O) groups is 1. The van der Waals surface area contributed by atoms with Gasteiger partial charge in [0.25, 0.3) is 0 Å². The van der Waals surface area contributed by atoms with Gasteiger partial charge in [-0.25, -0.2) is 9.78 Å². The summed E-state index contributed by atoms with van der Waals surface area (Å²) in [6.45, 7) is 12.8. The van der Waals surface area contributed by atoms with Gasteiger partial charge in [0.05, 0.1) is 13.2 Å². The predicted octanol–water partition coefficient (Wildman–Crippen LogP) is 7.78. The van der Waals surface area contributed by atoms with Crippen LogP contribution in [0.4, 0.5) is 0 Å². The van der Waals surface area contributed by atoms with Gasteiger partial charge in [0.15, 0.2) is 5.60 Å². The molecule has 1 aromatic heterocycles. The van der Waals surface area contributed by atoms with E-state index in [2.05, 4.69) is 24.3 Å². The van der Waals surface area contributed by atoms with E-state index in [1.165, 1.54) is 5.56 Å². The van der Waals surface area contributed by atoms with Crippen LogP contribution in [0.15, 0.2) is 59.0 Å². The number of benzene rings is 2. The number of rotatable bonds is 10. The summed E-state index contributed by atoms with van der Waals surface area (Å²) in [5, 5.41) is 0. The van der Waals surface area contributed by atoms with Gasteiger partial charge in [-0.05, 0) is 95.9 Å². The van der Waals surface area contributed by atoms with Crippen LogP contribution in [-0.4, -0.2) is 35.4 Å². The minimum Gasteiger partial charge on any atom is -0.458 e. The number of carbonyl (C=O) groups excluding carboxylic acids is 1. The highest BCUT2D eigenvalue weighted by molar-refractivity contribution is 5.78. The molecule has 0 aliphatic heterocycles. The molecule has 1 saturated carbocycles. The molecule has 39 heavy (non-hydrogen) atoms. The zero-order valence-corrected chi connectivity index (χ0v) is 24.3. The summed E-state index contributed by atoms with van der Waals surface area (Å²) < 4.78 is 23.7. The Bertz CT molecular complexity index is 1210. The van der Waals surface area contributed by atoms with E-state index in [0.717, 1.165) is 48.3 Å². The summed E-state index contributed by atoms with van der Waals surface area (Å²) >= 11 is 0. The lowest BCUT2D eigenvalue weighted by atomic mass is 9.82. The molecule has 0 spiro atoms. The van der Waals surface area contributed by atoms with Crippen molar-refractivity contribution in [3.8, 4) is 22.6 Å². The van der Waals surface area contributed by atoms with E-state index >= 15 is 0 Å². The maximum atomic E-state index is 12.5. The van der Waals surface area contributed by atoms with E-state index in [1.807, 2.05) is 58.0 Å². The van der Waals surface area contributed by atoms with Crippen molar-refractivity contribution >= 4 is 5.97 Å². The van der Waals surface area contributed by atoms with Gasteiger partial charge in [-0.3, -0.25) is 0 Å². The molecular formula is C33H43NO5. The van der Waals surface area contributed by atoms with Crippen molar-refractivity contribution in [1.29, 1.82) is 0 Å². The number of hydrogen-bond donors (Lipinski definition) is 0. The number of ether oxygens (including phenoxy) is 3. The van der Waals surface area contributed by atoms with Crippen LogP contribution in [-0.2, 0) is 25.6 Å². The quantitative estimate of drug-likeness (QED) is 0.248. The van der Waals surface area contributed by atoms with Gasteiger partial charge < -0.3 is 18.6 Å². The number of hydrogen-bond acceptors (Lipinski definition) is 6. The molecule has 2 unspecified atom stereocenters. The second-order valence-corrected chi connectivity index (χ2v) is 12.2. The zero-order chi connectivity index (χ0) is 28.0. The van der Waals surface area contributed by atoms with Crippen LogP contribution in [0.25, 0.3) is 22.6 Å². The largest absolute Gasteiger partial charge is 0.458 e. The lowest BCUT2D eigenvalue weighted by molar-refractivity contribution is -0.181. The molecule has 4 rings (SSSR count). The van der Waals surface area contributed by atoms with Crippen molar-refractivity contribution in [2.24, 2.45) is 11.8 Å². The van der Waals surface area contributed by atoms with E-state index in [4.69, 9.17) is 23.6 Å². The van der Waals surface area contributed by atoms with Gasteiger partial charge in [-0.15, -0.1) is 0 Å². The standard InChI is InChI=1S/C33H43NO5/c1-23-29(34-30(38-23)28-17-15-27(16-18-28)26-13-8-7-9-14-26)22-36-20-24-11-10-12-25(19-24)21-37-33(5,6)31(35)39-32(2,3)4/h7-9,13-18,24-25H,10-12,19-22H2,1-6H3. The van der Waals surface area contributed by atoms with E-state index in [0.29, 0.717) is 37.5 Å². The van der Waals surface area contributed by atoms with E-state index in [1.54, 1.807) is 13.8 Å². The molecule has 210 valence electrons. The second kappa shape index (κ2) is 12.5. The third-order valence-corrected chi connectivity index (χ3v) is 7.19. The van der Waals surface area contributed by atoms with E-state index in [9.17, 15) is 4.79 Å². The summed E-state index contributed by atoms with van der Waals surface area (Å²) in [5.74, 6) is 1.97. The maximum Gasteiger partial charge on any atom is 0.338 e. The highest BCUT2D eigenvalue weighted by Gasteiger charge is 2.35. The van der Waals surface area contributed by atoms with Crippen molar-refractivity contribution in [2.45, 2.75) is 85.0 Å². The van der Waals surface area contributed by atoms with E-state index in [-0.39, 0.29) is 5.97 Å². The Balaban J connectivity index is 1.25. The van der Waals surface area contributed by atoms with Gasteiger partial charge in [0.1, 0.15) is 17.1 Å². The molecule has 2 atom stereocenters. The first-order valence-electron chi connectivity index (χ1n) is 14.1. The Labute approximate surface area is 233 Å². The third-order valence-electron chi connectivity index (χ3n) is 7.19. The molecule has 6 heteroatoms. The molecule has 0 radical (unpaired) electrons. The fourth-order valence-corrected chi connectivity index (χ4v) is 4.93. The number of nitrogens with zero attached hydrogens (tertiary/aromatic N) is 1. The summed E-state index contributed by atoms with van der Waals surface area (Å²) in [7, 11) is 0. The molecule has 0 N–H and O–H groups in total. The first kappa shape index (κ1) is 29.0. The number of aryl methyl sites for hydroxylation is 1. The lowest BCUT2D eigenvalue weighted by Gasteiger charge is -2.33. The number of esters is 1. The minimum absolute atomic E-state index is 0.319. The van der Waals surface area contributed by atoms with Crippen molar-refractivity contribution in [2.75, 3.05) is 13.2 Å². The molecule has 0 bridgehead atoms. The van der Waals surface area contributed by atoms with Gasteiger partial charge in [-0.2, -0.15) is 0 Å². The topological polar surface area (TPSA) is 70.8 Å². The summed E-state index contributed by atoms with van der Waals surface area (Å²) in [6, 6.07) is 18.6. The average Bonchev–Trinajstić information content (AvgIpc) is 3.28. The van der Waals surface area contributed by atoms with Crippen LogP contribution in [0.2, 0.25) is 0 Å². The van der Waals surface area contributed by atoms with Crippen LogP contribution >= 0.6 is 0 Å². The van der Waals surface area contributed by atoms with Crippen molar-refractivity contribution < 1.29 is 23.4 Å². The SMILES string of the molecule is Cc1oc(-c2ccc(-c3ccccc3)cc2)nc1COCC1CCCC(COC(C)(C)C(=O)OC(C)(C)C)C1. The molecule has 2 aromatic carbocycles. The molecule has 0 saturated heterocycles. The highest BCUT2D eigenvalue weighted by atomic mass is 16.6. The summed E-state index contributed by atoms with van der Waals surface area (Å²) in [5.41, 5.74) is 2.66. The lowest BCUT2D eigenvalue weighted by Crippen LogP contribution is -2.42. The highest BCUT2D eigenvalue weighted by Crippen LogP contribution is 2.32. The van der Waals surface area contributed by atoms with Crippen molar-refractivity contribution in [1.82, 2.24) is 4.98 Å². The molecule has 6 nitrogen and oxygen atoms in total. The number of aromatic nitrogens is 1. The molecule has 0 amide bonds. The molecule has 1 fully saturated rings. The van der Waals surface area contributed by atoms with Crippen molar-refractivity contribution in [3.05, 3.63) is 66.1 Å². The zero-order valence-electron chi connectivity index (χ0n) is 24.3. The van der Waals surface area contributed by atoms with E-state index < -0.39 is 11.2 Å². The fraction of sp³-hybridized carbons (Fsp3) is 0.515. The molecule has 1 heterocycles. The van der Waals surface area contributed by atoms with Crippen LogP contribution in [0.5, 0.6) is 0 Å². The number of oxazole rings is 1. The molecule has 1 aliphatic rings. The smallest absolute Gasteiger partial charge is 0.338 e. The first-order chi connectivity index (χ1) is 18.5. The Kier molecular flexibility index (Phi) is 9.29. The average molecular weight is 534 g/mol. The summed E-state index contributed by atoms with van der Waals surface area (Å²) in [4.78, 5) is 17.2. The van der Waals surface area contributed by atoms with Crippen LogP contribution < -0.4 is 0 Å². The Morgan fingerprint density at radius 1 is 0.897 bits per heavy atom. The van der Waals surface area contributed by atoms with Gasteiger partial charge >= 0.3 is 5.97 Å². The normalized spacial score (nSPS) is 18.2. The van der Waals surface area contributed by atoms with Crippen LogP contribution in [0.1, 0.15) is 71.8 Å². The first-order valence-corrected chi connectivity index (χ1v) is 14.1. The van der Waals surface area contributed by atoms with Crippen molar-refractivity contribution in [3.63, 3.8) is 0 Å². The maximum absolute atomic E-state index is 12.5. The second-order valence-electron chi connectivity index (χ2n) is 12.2. The minimum atomic E-state index is -0.958. The Morgan fingerprint density at radius 2 is 1.51 bits per heavy atom. The van der Waals surface area contributed by atoms with Crippen LogP contribution in [0, 0.1) is 18.8 Å². The molecule has 1 aliphatic carbocycles. The third kappa shape index (κ3) is 8.26. The fourth-order valence-electron chi connectivity index (χ4n) is 4.93. The molecular weight excluding hydrogens is 490 g/mol.